The molecule has 0 aromatic heterocycles. The second kappa shape index (κ2) is 4.84. The average Bonchev–Trinajstić information content (AvgIpc) is 2.81. The zero-order chi connectivity index (χ0) is 12.5. The average molecular weight is 262 g/mol. The standard InChI is InChI=1S/C14H18N2OS/c15-12-5-4-10-8-16(9-11(10)7-12)14(17)13-3-1-2-6-18-13/h4-5,7,13H,1-3,6,8-9,15H2. The number of fused-ring (bicyclic) bond motifs is 1. The molecule has 3 rings (SSSR count). The van der Waals surface area contributed by atoms with Crippen molar-refractivity contribution in [2.45, 2.75) is 37.6 Å². The number of carbonyl (C=O) groups is 1. The molecule has 2 N–H and O–H groups in total. The van der Waals surface area contributed by atoms with Gasteiger partial charge in [0.15, 0.2) is 0 Å². The van der Waals surface area contributed by atoms with E-state index < -0.39 is 0 Å². The minimum Gasteiger partial charge on any atom is -0.399 e. The first-order valence-electron chi connectivity index (χ1n) is 6.52. The number of nitrogen functional groups attached to an aromatic ring is 1. The molecule has 96 valence electrons. The third-order valence-corrected chi connectivity index (χ3v) is 5.08. The summed E-state index contributed by atoms with van der Waals surface area (Å²) >= 11 is 1.82. The lowest BCUT2D eigenvalue weighted by Crippen LogP contribution is -2.35. The number of benzene rings is 1. The minimum absolute atomic E-state index is 0.186. The van der Waals surface area contributed by atoms with Gasteiger partial charge in [0.2, 0.25) is 5.91 Å². The molecule has 0 saturated carbocycles. The van der Waals surface area contributed by atoms with Crippen molar-refractivity contribution in [3.8, 4) is 0 Å². The summed E-state index contributed by atoms with van der Waals surface area (Å²) in [5.74, 6) is 1.44. The van der Waals surface area contributed by atoms with E-state index in [1.54, 1.807) is 0 Å². The predicted molar refractivity (Wildman–Crippen MR) is 75.2 cm³/mol. The first-order valence-corrected chi connectivity index (χ1v) is 7.56. The minimum atomic E-state index is 0.186. The van der Waals surface area contributed by atoms with Crippen molar-refractivity contribution >= 4 is 23.4 Å². The van der Waals surface area contributed by atoms with Crippen molar-refractivity contribution in [1.29, 1.82) is 0 Å². The number of hydrogen-bond acceptors (Lipinski definition) is 3. The largest absolute Gasteiger partial charge is 0.399 e. The fourth-order valence-corrected chi connectivity index (χ4v) is 3.99. The molecule has 3 nitrogen and oxygen atoms in total. The van der Waals surface area contributed by atoms with Crippen LogP contribution >= 0.6 is 11.8 Å². The maximum absolute atomic E-state index is 12.4. The van der Waals surface area contributed by atoms with Gasteiger partial charge in [0, 0.05) is 18.8 Å². The van der Waals surface area contributed by atoms with Crippen LogP contribution in [0.25, 0.3) is 0 Å². The Morgan fingerprint density at radius 2 is 2.11 bits per heavy atom. The van der Waals surface area contributed by atoms with Gasteiger partial charge in [-0.3, -0.25) is 4.79 Å². The SMILES string of the molecule is Nc1ccc2c(c1)CN(C(=O)C1CCCCS1)C2. The molecule has 0 spiro atoms. The Morgan fingerprint density at radius 1 is 1.28 bits per heavy atom. The van der Waals surface area contributed by atoms with E-state index in [9.17, 15) is 4.79 Å². The Balaban J connectivity index is 1.71. The van der Waals surface area contributed by atoms with Crippen LogP contribution in [0.5, 0.6) is 0 Å². The summed E-state index contributed by atoms with van der Waals surface area (Å²) in [4.78, 5) is 14.4. The third kappa shape index (κ3) is 2.21. The Morgan fingerprint density at radius 3 is 2.89 bits per heavy atom. The molecule has 0 bridgehead atoms. The quantitative estimate of drug-likeness (QED) is 0.791. The maximum Gasteiger partial charge on any atom is 0.236 e. The lowest BCUT2D eigenvalue weighted by Gasteiger charge is -2.25. The number of thioether (sulfide) groups is 1. The highest BCUT2D eigenvalue weighted by atomic mass is 32.2. The van der Waals surface area contributed by atoms with Crippen LogP contribution < -0.4 is 5.73 Å². The predicted octanol–water partition coefficient (Wildman–Crippen LogP) is 2.40. The number of anilines is 1. The van der Waals surface area contributed by atoms with Crippen LogP contribution in [0.2, 0.25) is 0 Å². The van der Waals surface area contributed by atoms with E-state index in [0.29, 0.717) is 5.91 Å². The molecule has 1 atom stereocenters. The van der Waals surface area contributed by atoms with Crippen molar-refractivity contribution in [2.24, 2.45) is 0 Å². The monoisotopic (exact) mass is 262 g/mol. The first kappa shape index (κ1) is 11.9. The van der Waals surface area contributed by atoms with Crippen LogP contribution in [0.1, 0.15) is 30.4 Å². The summed E-state index contributed by atoms with van der Waals surface area (Å²) in [6, 6.07) is 5.96. The molecule has 1 saturated heterocycles. The van der Waals surface area contributed by atoms with Gasteiger partial charge in [0.1, 0.15) is 0 Å². The molecule has 1 fully saturated rings. The molecule has 0 radical (unpaired) electrons. The summed E-state index contributed by atoms with van der Waals surface area (Å²) in [5, 5.41) is 0.186. The van der Waals surface area contributed by atoms with Gasteiger partial charge >= 0.3 is 0 Å². The van der Waals surface area contributed by atoms with Crippen LogP contribution in [0.4, 0.5) is 5.69 Å². The first-order chi connectivity index (χ1) is 8.74. The highest BCUT2D eigenvalue weighted by Gasteiger charge is 2.30. The normalized spacial score (nSPS) is 22.9. The van der Waals surface area contributed by atoms with Crippen LogP contribution in [0.3, 0.4) is 0 Å². The van der Waals surface area contributed by atoms with Crippen molar-refractivity contribution in [3.05, 3.63) is 29.3 Å². The van der Waals surface area contributed by atoms with Gasteiger partial charge in [-0.1, -0.05) is 12.5 Å². The fraction of sp³-hybridized carbons (Fsp3) is 0.500. The van der Waals surface area contributed by atoms with Crippen LogP contribution in [-0.2, 0) is 17.9 Å². The molecular weight excluding hydrogens is 244 g/mol. The van der Waals surface area contributed by atoms with E-state index in [1.165, 1.54) is 24.0 Å². The number of nitrogens with zero attached hydrogens (tertiary/aromatic N) is 1. The highest BCUT2D eigenvalue weighted by Crippen LogP contribution is 2.31. The van der Waals surface area contributed by atoms with Gasteiger partial charge in [0.05, 0.1) is 5.25 Å². The lowest BCUT2D eigenvalue weighted by molar-refractivity contribution is -0.131. The van der Waals surface area contributed by atoms with E-state index >= 15 is 0 Å². The Kier molecular flexibility index (Phi) is 3.20. The summed E-state index contributed by atoms with van der Waals surface area (Å²) in [6.45, 7) is 1.49. The van der Waals surface area contributed by atoms with E-state index in [1.807, 2.05) is 34.9 Å². The summed E-state index contributed by atoms with van der Waals surface area (Å²) in [7, 11) is 0. The van der Waals surface area contributed by atoms with Gasteiger partial charge in [0.25, 0.3) is 0 Å². The molecular formula is C14H18N2OS. The molecule has 2 heterocycles. The second-order valence-electron chi connectivity index (χ2n) is 5.08. The van der Waals surface area contributed by atoms with Crippen LogP contribution in [0, 0.1) is 0 Å². The molecule has 1 unspecified atom stereocenters. The Hall–Kier alpha value is -1.16. The number of hydrogen-bond donors (Lipinski definition) is 1. The van der Waals surface area contributed by atoms with E-state index in [-0.39, 0.29) is 5.25 Å². The zero-order valence-electron chi connectivity index (χ0n) is 10.4. The van der Waals surface area contributed by atoms with E-state index in [0.717, 1.165) is 31.0 Å². The van der Waals surface area contributed by atoms with Crippen LogP contribution in [-0.4, -0.2) is 21.8 Å². The van der Waals surface area contributed by atoms with Gasteiger partial charge in [-0.2, -0.15) is 0 Å². The van der Waals surface area contributed by atoms with Gasteiger partial charge in [-0.15, -0.1) is 11.8 Å². The summed E-state index contributed by atoms with van der Waals surface area (Å²) in [6.07, 6.45) is 3.49. The van der Waals surface area contributed by atoms with Crippen LogP contribution in [0.15, 0.2) is 18.2 Å². The van der Waals surface area contributed by atoms with Crippen molar-refractivity contribution < 1.29 is 4.79 Å². The Bertz CT molecular complexity index is 469. The van der Waals surface area contributed by atoms with Crippen molar-refractivity contribution in [3.63, 3.8) is 0 Å². The Labute approximate surface area is 112 Å². The van der Waals surface area contributed by atoms with E-state index in [4.69, 9.17) is 5.73 Å². The number of nitrogens with two attached hydrogens (primary N) is 1. The van der Waals surface area contributed by atoms with Gasteiger partial charge in [-0.25, -0.2) is 0 Å². The fourth-order valence-electron chi connectivity index (χ4n) is 2.71. The number of rotatable bonds is 1. The lowest BCUT2D eigenvalue weighted by atomic mass is 10.1. The third-order valence-electron chi connectivity index (χ3n) is 3.72. The van der Waals surface area contributed by atoms with Crippen molar-refractivity contribution in [1.82, 2.24) is 4.90 Å². The van der Waals surface area contributed by atoms with Gasteiger partial charge in [-0.05, 0) is 41.9 Å². The van der Waals surface area contributed by atoms with Gasteiger partial charge < -0.3 is 10.6 Å². The topological polar surface area (TPSA) is 46.3 Å². The molecule has 18 heavy (non-hydrogen) atoms. The van der Waals surface area contributed by atoms with E-state index in [2.05, 4.69) is 0 Å². The zero-order valence-corrected chi connectivity index (χ0v) is 11.2. The molecule has 2 aliphatic heterocycles. The molecule has 4 heteroatoms. The molecule has 1 aromatic carbocycles. The van der Waals surface area contributed by atoms with Crippen molar-refractivity contribution in [2.75, 3.05) is 11.5 Å². The molecule has 0 aliphatic carbocycles. The maximum atomic E-state index is 12.4. The second-order valence-corrected chi connectivity index (χ2v) is 6.39. The highest BCUT2D eigenvalue weighted by molar-refractivity contribution is 8.00. The molecule has 2 aliphatic rings. The summed E-state index contributed by atoms with van der Waals surface area (Å²) in [5.41, 5.74) is 9.04. The summed E-state index contributed by atoms with van der Waals surface area (Å²) < 4.78 is 0. The number of amides is 1. The molecule has 1 aromatic rings. The number of carbonyl (C=O) groups excluding carboxylic acids is 1. The smallest absolute Gasteiger partial charge is 0.236 e. The molecule has 1 amide bonds.